The average molecular weight is 501 g/mol. The van der Waals surface area contributed by atoms with Gasteiger partial charge in [-0.05, 0) is 25.2 Å². The van der Waals surface area contributed by atoms with Crippen LogP contribution in [0.15, 0.2) is 0 Å². The number of carbonyl (C=O) groups is 1. The van der Waals surface area contributed by atoms with Crippen LogP contribution in [0.2, 0.25) is 0 Å². The molecule has 0 rings (SSSR count). The molecule has 0 aromatic heterocycles. The van der Waals surface area contributed by atoms with E-state index in [4.69, 9.17) is 18.9 Å². The Bertz CT molecular complexity index is 416. The van der Waals surface area contributed by atoms with E-state index in [0.29, 0.717) is 58.4 Å². The van der Waals surface area contributed by atoms with Crippen LogP contribution in [-0.4, -0.2) is 52.2 Å². The van der Waals surface area contributed by atoms with Gasteiger partial charge in [-0.25, -0.2) is 0 Å². The van der Waals surface area contributed by atoms with Crippen molar-refractivity contribution in [3.63, 3.8) is 0 Å². The molecule has 5 nitrogen and oxygen atoms in total. The largest absolute Gasteiger partial charge is 0.466 e. The monoisotopic (exact) mass is 500 g/mol. The van der Waals surface area contributed by atoms with Crippen LogP contribution in [0.3, 0.4) is 0 Å². The maximum Gasteiger partial charge on any atom is 0.305 e. The number of carbonyl (C=O) groups excluding carboxylic acids is 1. The Labute approximate surface area is 218 Å². The second kappa shape index (κ2) is 29.6. The van der Waals surface area contributed by atoms with Crippen molar-refractivity contribution in [3.8, 4) is 0 Å². The summed E-state index contributed by atoms with van der Waals surface area (Å²) in [6.45, 7) is 11.1. The van der Waals surface area contributed by atoms with Gasteiger partial charge in [0.2, 0.25) is 0 Å². The Morgan fingerprint density at radius 2 is 1.06 bits per heavy atom. The van der Waals surface area contributed by atoms with Crippen molar-refractivity contribution in [2.45, 2.75) is 136 Å². The molecule has 35 heavy (non-hydrogen) atoms. The highest BCUT2D eigenvalue weighted by Gasteiger charge is 2.06. The van der Waals surface area contributed by atoms with Crippen molar-refractivity contribution in [2.24, 2.45) is 5.92 Å². The van der Waals surface area contributed by atoms with Crippen molar-refractivity contribution in [3.05, 3.63) is 0 Å². The van der Waals surface area contributed by atoms with E-state index in [2.05, 4.69) is 20.8 Å². The number of hydrogen-bond donors (Lipinski definition) is 0. The maximum absolute atomic E-state index is 11.8. The van der Waals surface area contributed by atoms with Gasteiger partial charge in [0.1, 0.15) is 0 Å². The van der Waals surface area contributed by atoms with Gasteiger partial charge in [-0.2, -0.15) is 0 Å². The first kappa shape index (κ1) is 34.4. The average Bonchev–Trinajstić information content (AvgIpc) is 2.87. The van der Waals surface area contributed by atoms with Crippen LogP contribution >= 0.6 is 0 Å². The molecule has 0 spiro atoms. The van der Waals surface area contributed by atoms with Gasteiger partial charge in [-0.3, -0.25) is 4.79 Å². The molecular formula is C30H60O5. The van der Waals surface area contributed by atoms with Gasteiger partial charge in [0.05, 0.1) is 33.0 Å². The molecule has 0 aliphatic carbocycles. The highest BCUT2D eigenvalue weighted by Crippen LogP contribution is 2.13. The van der Waals surface area contributed by atoms with Gasteiger partial charge in [-0.15, -0.1) is 0 Å². The molecule has 0 bridgehead atoms. The van der Waals surface area contributed by atoms with Crippen LogP contribution < -0.4 is 0 Å². The first-order valence-electron chi connectivity index (χ1n) is 15.1. The van der Waals surface area contributed by atoms with E-state index in [1.165, 1.54) is 89.9 Å². The van der Waals surface area contributed by atoms with Crippen molar-refractivity contribution in [2.75, 3.05) is 46.2 Å². The predicted molar refractivity (Wildman–Crippen MR) is 147 cm³/mol. The minimum Gasteiger partial charge on any atom is -0.466 e. The van der Waals surface area contributed by atoms with Crippen LogP contribution in [0.4, 0.5) is 0 Å². The molecule has 0 saturated heterocycles. The fraction of sp³-hybridized carbons (Fsp3) is 0.967. The summed E-state index contributed by atoms with van der Waals surface area (Å²) in [7, 11) is 0. The minimum atomic E-state index is -0.102. The van der Waals surface area contributed by atoms with Crippen molar-refractivity contribution in [1.29, 1.82) is 0 Å². The molecule has 0 aliphatic rings. The Balaban J connectivity index is 3.23. The van der Waals surface area contributed by atoms with Gasteiger partial charge < -0.3 is 18.9 Å². The zero-order chi connectivity index (χ0) is 25.7. The highest BCUT2D eigenvalue weighted by atomic mass is 16.5. The molecule has 1 unspecified atom stereocenters. The standard InChI is InChI=1S/C30H60O5/c1-4-7-9-10-11-12-13-14-15-16-17-18-23-35-30(31)21-19-22-32-24-25-33-26-27-34-28-29(6-3)20-8-5-2/h29H,4-28H2,1-3H3. The fourth-order valence-electron chi connectivity index (χ4n) is 4.11. The van der Waals surface area contributed by atoms with E-state index in [-0.39, 0.29) is 5.97 Å². The lowest BCUT2D eigenvalue weighted by atomic mass is 10.0. The molecule has 0 heterocycles. The molecule has 0 saturated carbocycles. The first-order chi connectivity index (χ1) is 17.2. The smallest absolute Gasteiger partial charge is 0.305 e. The maximum atomic E-state index is 11.8. The first-order valence-corrected chi connectivity index (χ1v) is 15.1. The summed E-state index contributed by atoms with van der Waals surface area (Å²) in [5.41, 5.74) is 0. The van der Waals surface area contributed by atoms with Crippen LogP contribution in [0.1, 0.15) is 136 Å². The third-order valence-corrected chi connectivity index (χ3v) is 6.57. The summed E-state index contributed by atoms with van der Waals surface area (Å²) >= 11 is 0. The van der Waals surface area contributed by atoms with Crippen LogP contribution in [0, 0.1) is 5.92 Å². The van der Waals surface area contributed by atoms with E-state index in [0.717, 1.165) is 19.4 Å². The Hall–Kier alpha value is -0.650. The van der Waals surface area contributed by atoms with Crippen LogP contribution in [-0.2, 0) is 23.7 Å². The molecule has 0 fully saturated rings. The normalized spacial score (nSPS) is 12.2. The predicted octanol–water partition coefficient (Wildman–Crippen LogP) is 8.28. The lowest BCUT2D eigenvalue weighted by molar-refractivity contribution is -0.144. The van der Waals surface area contributed by atoms with E-state index in [1.54, 1.807) is 0 Å². The molecule has 0 aromatic carbocycles. The number of esters is 1. The lowest BCUT2D eigenvalue weighted by Crippen LogP contribution is -2.14. The summed E-state index contributed by atoms with van der Waals surface area (Å²) in [6.07, 6.45) is 21.9. The van der Waals surface area contributed by atoms with E-state index < -0.39 is 0 Å². The molecule has 210 valence electrons. The van der Waals surface area contributed by atoms with Crippen molar-refractivity contribution < 1.29 is 23.7 Å². The zero-order valence-electron chi connectivity index (χ0n) is 23.8. The van der Waals surface area contributed by atoms with E-state index >= 15 is 0 Å². The van der Waals surface area contributed by atoms with E-state index in [9.17, 15) is 4.79 Å². The SMILES string of the molecule is CCCCCCCCCCCCCCOC(=O)CCCOCCOCCOCC(CC)CCCC. The number of rotatable bonds is 29. The minimum absolute atomic E-state index is 0.102. The van der Waals surface area contributed by atoms with E-state index in [1.807, 2.05) is 0 Å². The highest BCUT2D eigenvalue weighted by molar-refractivity contribution is 5.69. The Kier molecular flexibility index (Phi) is 29.0. The van der Waals surface area contributed by atoms with Gasteiger partial charge >= 0.3 is 5.97 Å². The molecule has 0 aromatic rings. The summed E-state index contributed by atoms with van der Waals surface area (Å²) in [4.78, 5) is 11.8. The van der Waals surface area contributed by atoms with Gasteiger partial charge in [0.25, 0.3) is 0 Å². The van der Waals surface area contributed by atoms with Crippen molar-refractivity contribution in [1.82, 2.24) is 0 Å². The summed E-state index contributed by atoms with van der Waals surface area (Å²) in [6, 6.07) is 0. The van der Waals surface area contributed by atoms with Gasteiger partial charge in [0.15, 0.2) is 0 Å². The Morgan fingerprint density at radius 3 is 1.63 bits per heavy atom. The topological polar surface area (TPSA) is 54.0 Å². The zero-order valence-corrected chi connectivity index (χ0v) is 23.8. The summed E-state index contributed by atoms with van der Waals surface area (Å²) < 4.78 is 22.1. The third-order valence-electron chi connectivity index (χ3n) is 6.57. The number of hydrogen-bond acceptors (Lipinski definition) is 5. The molecule has 0 aliphatic heterocycles. The number of ether oxygens (including phenoxy) is 4. The van der Waals surface area contributed by atoms with Crippen LogP contribution in [0.25, 0.3) is 0 Å². The second-order valence-corrected chi connectivity index (χ2v) is 9.93. The molecule has 0 N–H and O–H groups in total. The molecule has 5 heteroatoms. The quantitative estimate of drug-likeness (QED) is 0.0764. The number of unbranched alkanes of at least 4 members (excludes halogenated alkanes) is 12. The summed E-state index contributed by atoms with van der Waals surface area (Å²) in [5, 5.41) is 0. The molecule has 0 amide bonds. The van der Waals surface area contributed by atoms with Crippen molar-refractivity contribution >= 4 is 5.97 Å². The lowest BCUT2D eigenvalue weighted by Gasteiger charge is -2.14. The third kappa shape index (κ3) is 27.8. The van der Waals surface area contributed by atoms with Gasteiger partial charge in [0, 0.05) is 19.6 Å². The molecule has 1 atom stereocenters. The second-order valence-electron chi connectivity index (χ2n) is 9.93. The molecule has 0 radical (unpaired) electrons. The molecular weight excluding hydrogens is 440 g/mol. The van der Waals surface area contributed by atoms with Gasteiger partial charge in [-0.1, -0.05) is 111 Å². The Morgan fingerprint density at radius 1 is 0.543 bits per heavy atom. The summed E-state index contributed by atoms with van der Waals surface area (Å²) in [5.74, 6) is 0.573. The van der Waals surface area contributed by atoms with Crippen LogP contribution in [0.5, 0.6) is 0 Å². The fourth-order valence-corrected chi connectivity index (χ4v) is 4.11.